The van der Waals surface area contributed by atoms with Gasteiger partial charge in [-0.1, -0.05) is 0 Å². The zero-order valence-corrected chi connectivity index (χ0v) is 10.5. The van der Waals surface area contributed by atoms with Gasteiger partial charge in [0.25, 0.3) is 0 Å². The lowest BCUT2D eigenvalue weighted by Gasteiger charge is -2.29. The number of carboxylic acids is 1. The van der Waals surface area contributed by atoms with Crippen LogP contribution in [-0.2, 0) is 4.79 Å². The second kappa shape index (κ2) is 4.26. The first-order valence-corrected chi connectivity index (χ1v) is 6.57. The van der Waals surface area contributed by atoms with Crippen LogP contribution in [0.15, 0.2) is 18.3 Å². The maximum atomic E-state index is 11.4. The standard InChI is InChI=1S/C14H18N2O2/c1-8-6-11(4-5-15-8)16-13-10-3-2-9(7-10)12(13)14(17)18/h4-6,9-10,12-13H,2-3,7H2,1H3,(H,15,16)(H,17,18). The van der Waals surface area contributed by atoms with Gasteiger partial charge in [-0.3, -0.25) is 9.78 Å². The number of nitrogens with one attached hydrogen (secondary N) is 1. The van der Waals surface area contributed by atoms with Crippen molar-refractivity contribution in [1.82, 2.24) is 4.98 Å². The Morgan fingerprint density at radius 1 is 1.44 bits per heavy atom. The number of anilines is 1. The van der Waals surface area contributed by atoms with Gasteiger partial charge in [0, 0.05) is 23.6 Å². The van der Waals surface area contributed by atoms with Crippen LogP contribution in [0, 0.1) is 24.7 Å². The first-order chi connectivity index (χ1) is 8.65. The molecule has 2 aliphatic rings. The molecule has 2 saturated carbocycles. The van der Waals surface area contributed by atoms with Gasteiger partial charge < -0.3 is 10.4 Å². The first kappa shape index (κ1) is 11.5. The average molecular weight is 246 g/mol. The van der Waals surface area contributed by atoms with Crippen molar-refractivity contribution in [3.8, 4) is 0 Å². The monoisotopic (exact) mass is 246 g/mol. The Bertz CT molecular complexity index is 475. The van der Waals surface area contributed by atoms with Crippen LogP contribution in [0.25, 0.3) is 0 Å². The van der Waals surface area contributed by atoms with E-state index in [1.54, 1.807) is 6.20 Å². The number of rotatable bonds is 3. The predicted octanol–water partition coefficient (Wildman–Crippen LogP) is 2.30. The SMILES string of the molecule is Cc1cc(NC2C3CCC(C3)C2C(=O)O)ccn1. The van der Waals surface area contributed by atoms with Crippen molar-refractivity contribution >= 4 is 11.7 Å². The molecule has 1 aromatic heterocycles. The van der Waals surface area contributed by atoms with Crippen LogP contribution in [0.5, 0.6) is 0 Å². The van der Waals surface area contributed by atoms with Crippen LogP contribution in [0.4, 0.5) is 5.69 Å². The topological polar surface area (TPSA) is 62.2 Å². The molecule has 0 amide bonds. The van der Waals surface area contributed by atoms with Gasteiger partial charge in [0.15, 0.2) is 0 Å². The molecule has 2 N–H and O–H groups in total. The maximum Gasteiger partial charge on any atom is 0.308 e. The van der Waals surface area contributed by atoms with Gasteiger partial charge in [0.05, 0.1) is 5.92 Å². The molecule has 4 atom stereocenters. The van der Waals surface area contributed by atoms with E-state index < -0.39 is 5.97 Å². The number of hydrogen-bond acceptors (Lipinski definition) is 3. The number of fused-ring (bicyclic) bond motifs is 2. The molecule has 0 spiro atoms. The van der Waals surface area contributed by atoms with Gasteiger partial charge in [0.1, 0.15) is 0 Å². The molecule has 2 fully saturated rings. The summed E-state index contributed by atoms with van der Waals surface area (Å²) in [5.41, 5.74) is 1.95. The summed E-state index contributed by atoms with van der Waals surface area (Å²) in [7, 11) is 0. The van der Waals surface area contributed by atoms with Crippen LogP contribution in [-0.4, -0.2) is 22.1 Å². The van der Waals surface area contributed by atoms with Crippen LogP contribution in [0.1, 0.15) is 25.0 Å². The molecule has 4 heteroatoms. The van der Waals surface area contributed by atoms with Crippen LogP contribution < -0.4 is 5.32 Å². The quantitative estimate of drug-likeness (QED) is 0.859. The zero-order valence-electron chi connectivity index (χ0n) is 10.5. The average Bonchev–Trinajstić information content (AvgIpc) is 2.89. The molecular weight excluding hydrogens is 228 g/mol. The Balaban J connectivity index is 1.81. The molecule has 0 saturated heterocycles. The molecule has 0 aliphatic heterocycles. The van der Waals surface area contributed by atoms with E-state index in [0.29, 0.717) is 11.8 Å². The van der Waals surface area contributed by atoms with E-state index in [1.165, 1.54) is 0 Å². The lowest BCUT2D eigenvalue weighted by atomic mass is 9.84. The minimum atomic E-state index is -0.648. The van der Waals surface area contributed by atoms with Gasteiger partial charge in [-0.25, -0.2) is 0 Å². The van der Waals surface area contributed by atoms with Crippen LogP contribution in [0.2, 0.25) is 0 Å². The minimum Gasteiger partial charge on any atom is -0.481 e. The highest BCUT2D eigenvalue weighted by molar-refractivity contribution is 5.73. The van der Waals surface area contributed by atoms with E-state index >= 15 is 0 Å². The van der Waals surface area contributed by atoms with Crippen molar-refractivity contribution in [2.24, 2.45) is 17.8 Å². The van der Waals surface area contributed by atoms with E-state index in [-0.39, 0.29) is 12.0 Å². The Morgan fingerprint density at radius 3 is 2.94 bits per heavy atom. The Kier molecular flexibility index (Phi) is 2.73. The summed E-state index contributed by atoms with van der Waals surface area (Å²) >= 11 is 0. The highest BCUT2D eigenvalue weighted by Crippen LogP contribution is 2.49. The van der Waals surface area contributed by atoms with Crippen molar-refractivity contribution in [3.05, 3.63) is 24.0 Å². The lowest BCUT2D eigenvalue weighted by molar-refractivity contribution is -0.143. The van der Waals surface area contributed by atoms with E-state index in [2.05, 4.69) is 10.3 Å². The Morgan fingerprint density at radius 2 is 2.22 bits per heavy atom. The van der Waals surface area contributed by atoms with Crippen molar-refractivity contribution in [2.75, 3.05) is 5.32 Å². The second-order valence-electron chi connectivity index (χ2n) is 5.55. The molecule has 0 radical (unpaired) electrons. The predicted molar refractivity (Wildman–Crippen MR) is 68.3 cm³/mol. The fourth-order valence-electron chi connectivity index (χ4n) is 3.68. The zero-order chi connectivity index (χ0) is 12.7. The smallest absolute Gasteiger partial charge is 0.308 e. The Labute approximate surface area is 106 Å². The van der Waals surface area contributed by atoms with Crippen LogP contribution >= 0.6 is 0 Å². The van der Waals surface area contributed by atoms with Crippen LogP contribution in [0.3, 0.4) is 0 Å². The molecule has 1 heterocycles. The number of nitrogens with zero attached hydrogens (tertiary/aromatic N) is 1. The van der Waals surface area contributed by atoms with E-state index in [0.717, 1.165) is 30.6 Å². The molecule has 2 bridgehead atoms. The molecule has 2 aliphatic carbocycles. The van der Waals surface area contributed by atoms with Gasteiger partial charge in [-0.2, -0.15) is 0 Å². The normalized spacial score (nSPS) is 33.6. The van der Waals surface area contributed by atoms with E-state index in [1.807, 2.05) is 19.1 Å². The maximum absolute atomic E-state index is 11.4. The molecule has 4 unspecified atom stereocenters. The third kappa shape index (κ3) is 1.85. The summed E-state index contributed by atoms with van der Waals surface area (Å²) < 4.78 is 0. The largest absolute Gasteiger partial charge is 0.481 e. The van der Waals surface area contributed by atoms with Crippen molar-refractivity contribution < 1.29 is 9.90 Å². The summed E-state index contributed by atoms with van der Waals surface area (Å²) in [5.74, 6) is 0.0141. The van der Waals surface area contributed by atoms with Gasteiger partial charge in [-0.15, -0.1) is 0 Å². The Hall–Kier alpha value is -1.58. The third-order valence-electron chi connectivity index (χ3n) is 4.43. The fraction of sp³-hybridized carbons (Fsp3) is 0.571. The number of carboxylic acid groups (broad SMARTS) is 1. The number of hydrogen-bond donors (Lipinski definition) is 2. The van der Waals surface area contributed by atoms with Crippen molar-refractivity contribution in [3.63, 3.8) is 0 Å². The summed E-state index contributed by atoms with van der Waals surface area (Å²) in [4.78, 5) is 15.6. The second-order valence-corrected chi connectivity index (χ2v) is 5.55. The highest BCUT2D eigenvalue weighted by atomic mass is 16.4. The lowest BCUT2D eigenvalue weighted by Crippen LogP contribution is -2.39. The first-order valence-electron chi connectivity index (χ1n) is 6.57. The molecule has 1 aromatic rings. The molecule has 96 valence electrons. The summed E-state index contributed by atoms with van der Waals surface area (Å²) in [5, 5.41) is 12.8. The molecule has 3 rings (SSSR count). The molecule has 4 nitrogen and oxygen atoms in total. The number of pyridine rings is 1. The van der Waals surface area contributed by atoms with Crippen molar-refractivity contribution in [1.29, 1.82) is 0 Å². The molecular formula is C14H18N2O2. The number of carbonyl (C=O) groups is 1. The summed E-state index contributed by atoms with van der Waals surface area (Å²) in [6.07, 6.45) is 5.07. The summed E-state index contributed by atoms with van der Waals surface area (Å²) in [6.45, 7) is 1.95. The van der Waals surface area contributed by atoms with Gasteiger partial charge in [-0.05, 0) is 50.2 Å². The summed E-state index contributed by atoms with van der Waals surface area (Å²) in [6, 6.07) is 3.98. The number of aromatic nitrogens is 1. The van der Waals surface area contributed by atoms with E-state index in [9.17, 15) is 9.90 Å². The number of aliphatic carboxylic acids is 1. The van der Waals surface area contributed by atoms with Gasteiger partial charge >= 0.3 is 5.97 Å². The molecule has 18 heavy (non-hydrogen) atoms. The van der Waals surface area contributed by atoms with Crippen molar-refractivity contribution in [2.45, 2.75) is 32.2 Å². The highest BCUT2D eigenvalue weighted by Gasteiger charge is 2.51. The molecule has 0 aromatic carbocycles. The third-order valence-corrected chi connectivity index (χ3v) is 4.43. The van der Waals surface area contributed by atoms with E-state index in [4.69, 9.17) is 0 Å². The fourth-order valence-corrected chi connectivity index (χ4v) is 3.68. The minimum absolute atomic E-state index is 0.0862. The number of aryl methyl sites for hydroxylation is 1. The van der Waals surface area contributed by atoms with Gasteiger partial charge in [0.2, 0.25) is 0 Å².